The summed E-state index contributed by atoms with van der Waals surface area (Å²) in [4.78, 5) is 25.9. The number of aromatic nitrogens is 1. The van der Waals surface area contributed by atoms with Crippen molar-refractivity contribution in [3.05, 3.63) is 29.6 Å². The van der Waals surface area contributed by atoms with Crippen molar-refractivity contribution in [2.45, 2.75) is 19.8 Å². The van der Waals surface area contributed by atoms with Crippen LogP contribution in [0.1, 0.15) is 40.6 Å². The van der Waals surface area contributed by atoms with E-state index in [2.05, 4.69) is 4.98 Å². The third kappa shape index (κ3) is 3.05. The fourth-order valence-electron chi connectivity index (χ4n) is 1.13. The third-order valence-electron chi connectivity index (χ3n) is 1.96. The summed E-state index contributed by atoms with van der Waals surface area (Å²) in [5.41, 5.74) is -0.282. The number of nitrogens with zero attached hydrogens (tertiary/aromatic N) is 1. The summed E-state index contributed by atoms with van der Waals surface area (Å²) in [6.45, 7) is 2.27. The average molecular weight is 223 g/mol. The summed E-state index contributed by atoms with van der Waals surface area (Å²) in [6, 6.07) is 2.90. The largest absolute Gasteiger partial charge is 0.476 e. The molecule has 0 saturated carbocycles. The topological polar surface area (TPSA) is 76.5 Å². The Kier molecular flexibility index (Phi) is 4.44. The SMILES string of the molecule is CCCCOC(=O)c1cccnc1C(=O)O. The van der Waals surface area contributed by atoms with Crippen molar-refractivity contribution < 1.29 is 19.4 Å². The second-order valence-corrected chi connectivity index (χ2v) is 3.19. The summed E-state index contributed by atoms with van der Waals surface area (Å²) >= 11 is 0. The fraction of sp³-hybridized carbons (Fsp3) is 0.364. The van der Waals surface area contributed by atoms with Crippen molar-refractivity contribution in [1.29, 1.82) is 0 Å². The molecule has 0 atom stereocenters. The highest BCUT2D eigenvalue weighted by Gasteiger charge is 2.18. The number of carboxylic acid groups (broad SMARTS) is 1. The molecule has 0 saturated heterocycles. The third-order valence-corrected chi connectivity index (χ3v) is 1.96. The molecule has 1 rings (SSSR count). The number of carbonyl (C=O) groups excluding carboxylic acids is 1. The first-order valence-corrected chi connectivity index (χ1v) is 5.02. The van der Waals surface area contributed by atoms with E-state index in [-0.39, 0.29) is 11.3 Å². The number of pyridine rings is 1. The molecular formula is C11H13NO4. The molecule has 16 heavy (non-hydrogen) atoms. The summed E-state index contributed by atoms with van der Waals surface area (Å²) in [7, 11) is 0. The standard InChI is InChI=1S/C11H13NO4/c1-2-3-7-16-11(15)8-5-4-6-12-9(8)10(13)14/h4-6H,2-3,7H2,1H3,(H,13,14). The Bertz CT molecular complexity index is 389. The lowest BCUT2D eigenvalue weighted by atomic mass is 10.2. The number of rotatable bonds is 5. The van der Waals surface area contributed by atoms with Crippen LogP contribution in [0, 0.1) is 0 Å². The van der Waals surface area contributed by atoms with E-state index in [1.165, 1.54) is 18.3 Å². The number of aromatic carboxylic acids is 1. The Morgan fingerprint density at radius 3 is 2.88 bits per heavy atom. The lowest BCUT2D eigenvalue weighted by Crippen LogP contribution is -2.13. The number of ether oxygens (including phenoxy) is 1. The predicted octanol–water partition coefficient (Wildman–Crippen LogP) is 1.74. The van der Waals surface area contributed by atoms with Gasteiger partial charge in [-0.2, -0.15) is 0 Å². The van der Waals surface area contributed by atoms with Gasteiger partial charge in [0.05, 0.1) is 12.2 Å². The number of hydrogen-bond donors (Lipinski definition) is 1. The van der Waals surface area contributed by atoms with E-state index in [4.69, 9.17) is 9.84 Å². The van der Waals surface area contributed by atoms with Crippen LogP contribution >= 0.6 is 0 Å². The average Bonchev–Trinajstić information content (AvgIpc) is 2.29. The second kappa shape index (κ2) is 5.85. The van der Waals surface area contributed by atoms with Gasteiger partial charge in [0.25, 0.3) is 0 Å². The van der Waals surface area contributed by atoms with Gasteiger partial charge in [-0.3, -0.25) is 0 Å². The Morgan fingerprint density at radius 2 is 2.25 bits per heavy atom. The zero-order valence-electron chi connectivity index (χ0n) is 8.97. The van der Waals surface area contributed by atoms with Crippen LogP contribution in [0.3, 0.4) is 0 Å². The van der Waals surface area contributed by atoms with Gasteiger partial charge in [0.15, 0.2) is 5.69 Å². The molecule has 0 amide bonds. The summed E-state index contributed by atoms with van der Waals surface area (Å²) in [5, 5.41) is 8.82. The van der Waals surface area contributed by atoms with Crippen LogP contribution < -0.4 is 0 Å². The highest BCUT2D eigenvalue weighted by molar-refractivity contribution is 6.00. The van der Waals surface area contributed by atoms with Crippen LogP contribution in [0.4, 0.5) is 0 Å². The van der Waals surface area contributed by atoms with Crippen LogP contribution in [0.15, 0.2) is 18.3 Å². The van der Waals surface area contributed by atoms with Gasteiger partial charge in [-0.05, 0) is 18.6 Å². The number of unbranched alkanes of at least 4 members (excludes halogenated alkanes) is 1. The van der Waals surface area contributed by atoms with Gasteiger partial charge in [-0.25, -0.2) is 14.6 Å². The maximum absolute atomic E-state index is 11.5. The summed E-state index contributed by atoms with van der Waals surface area (Å²) in [6.07, 6.45) is 2.99. The highest BCUT2D eigenvalue weighted by Crippen LogP contribution is 2.07. The van der Waals surface area contributed by atoms with Crippen molar-refractivity contribution in [2.75, 3.05) is 6.61 Å². The Hall–Kier alpha value is -1.91. The minimum Gasteiger partial charge on any atom is -0.476 e. The van der Waals surface area contributed by atoms with Gasteiger partial charge in [-0.15, -0.1) is 0 Å². The van der Waals surface area contributed by atoms with E-state index < -0.39 is 11.9 Å². The molecule has 0 aliphatic heterocycles. The van der Waals surface area contributed by atoms with E-state index >= 15 is 0 Å². The van der Waals surface area contributed by atoms with Crippen molar-refractivity contribution in [2.24, 2.45) is 0 Å². The van der Waals surface area contributed by atoms with Crippen molar-refractivity contribution >= 4 is 11.9 Å². The van der Waals surface area contributed by atoms with E-state index in [1.807, 2.05) is 6.92 Å². The molecule has 1 aromatic rings. The van der Waals surface area contributed by atoms with Crippen molar-refractivity contribution in [3.63, 3.8) is 0 Å². The lowest BCUT2D eigenvalue weighted by molar-refractivity contribution is 0.0488. The van der Waals surface area contributed by atoms with E-state index in [1.54, 1.807) is 0 Å². The van der Waals surface area contributed by atoms with Crippen LogP contribution in [0.25, 0.3) is 0 Å². The highest BCUT2D eigenvalue weighted by atomic mass is 16.5. The smallest absolute Gasteiger partial charge is 0.355 e. The van der Waals surface area contributed by atoms with Crippen LogP contribution in [-0.4, -0.2) is 28.6 Å². The Balaban J connectivity index is 2.78. The normalized spacial score (nSPS) is 9.81. The molecule has 0 radical (unpaired) electrons. The maximum atomic E-state index is 11.5. The molecule has 86 valence electrons. The molecule has 5 heteroatoms. The molecule has 0 spiro atoms. The first-order valence-electron chi connectivity index (χ1n) is 5.02. The van der Waals surface area contributed by atoms with Gasteiger partial charge in [-0.1, -0.05) is 13.3 Å². The van der Waals surface area contributed by atoms with E-state index in [9.17, 15) is 9.59 Å². The van der Waals surface area contributed by atoms with Crippen LogP contribution in [0.2, 0.25) is 0 Å². The summed E-state index contributed by atoms with van der Waals surface area (Å²) in [5.74, 6) is -1.87. The molecule has 1 aromatic heterocycles. The summed E-state index contributed by atoms with van der Waals surface area (Å²) < 4.78 is 4.92. The predicted molar refractivity (Wildman–Crippen MR) is 56.4 cm³/mol. The molecule has 1 heterocycles. The zero-order valence-corrected chi connectivity index (χ0v) is 8.97. The molecule has 0 bridgehead atoms. The number of esters is 1. The minimum absolute atomic E-state index is 0.00824. The molecule has 0 aromatic carbocycles. The van der Waals surface area contributed by atoms with Gasteiger partial charge in [0.2, 0.25) is 0 Å². The zero-order chi connectivity index (χ0) is 12.0. The second-order valence-electron chi connectivity index (χ2n) is 3.19. The van der Waals surface area contributed by atoms with Gasteiger partial charge in [0, 0.05) is 6.20 Å². The van der Waals surface area contributed by atoms with Gasteiger partial charge < -0.3 is 9.84 Å². The Labute approximate surface area is 93.1 Å². The fourth-order valence-corrected chi connectivity index (χ4v) is 1.13. The molecule has 5 nitrogen and oxygen atoms in total. The van der Waals surface area contributed by atoms with Crippen LogP contribution in [-0.2, 0) is 4.74 Å². The van der Waals surface area contributed by atoms with Crippen LogP contribution in [0.5, 0.6) is 0 Å². The molecule has 0 unspecified atom stereocenters. The maximum Gasteiger partial charge on any atom is 0.355 e. The van der Waals surface area contributed by atoms with Gasteiger partial charge >= 0.3 is 11.9 Å². The van der Waals surface area contributed by atoms with Gasteiger partial charge in [0.1, 0.15) is 0 Å². The van der Waals surface area contributed by atoms with Crippen molar-refractivity contribution in [3.8, 4) is 0 Å². The first-order chi connectivity index (χ1) is 7.66. The molecular weight excluding hydrogens is 210 g/mol. The number of hydrogen-bond acceptors (Lipinski definition) is 4. The lowest BCUT2D eigenvalue weighted by Gasteiger charge is -2.05. The molecule has 0 aliphatic carbocycles. The molecule has 0 fully saturated rings. The molecule has 1 N–H and O–H groups in total. The van der Waals surface area contributed by atoms with Crippen molar-refractivity contribution in [1.82, 2.24) is 4.98 Å². The monoisotopic (exact) mass is 223 g/mol. The number of carboxylic acids is 1. The number of carbonyl (C=O) groups is 2. The Morgan fingerprint density at radius 1 is 1.50 bits per heavy atom. The van der Waals surface area contributed by atoms with E-state index in [0.717, 1.165) is 12.8 Å². The first kappa shape index (κ1) is 12.2. The van der Waals surface area contributed by atoms with E-state index in [0.29, 0.717) is 6.61 Å². The quantitative estimate of drug-likeness (QED) is 0.607. The minimum atomic E-state index is -1.23. The molecule has 0 aliphatic rings.